The van der Waals surface area contributed by atoms with Crippen molar-refractivity contribution in [2.75, 3.05) is 31.3 Å². The molecule has 10 atom stereocenters. The number of likely N-dealkylation sites (N-methyl/N-ethyl adjacent to an activating group) is 2. The molecule has 2 aromatic rings. The third-order valence-corrected chi connectivity index (χ3v) is 23.9. The first kappa shape index (κ1) is 33.5. The zero-order valence-corrected chi connectivity index (χ0v) is 32.3. The monoisotopic (exact) mass is 804 g/mol. The Bertz CT molecular complexity index is 2020. The summed E-state index contributed by atoms with van der Waals surface area (Å²) in [5.41, 5.74) is -1.21. The lowest BCUT2D eigenvalue weighted by molar-refractivity contribution is -0.169. The Balaban J connectivity index is 1.34. The van der Waals surface area contributed by atoms with E-state index in [1.165, 1.54) is 67.9 Å². The topological polar surface area (TPSA) is 166 Å². The van der Waals surface area contributed by atoms with E-state index in [0.717, 1.165) is 21.6 Å². The van der Waals surface area contributed by atoms with E-state index in [-0.39, 0.29) is 11.8 Å². The van der Waals surface area contributed by atoms with E-state index in [1.807, 2.05) is 62.4 Å². The second kappa shape index (κ2) is 10.1. The number of aliphatic hydroxyl groups excluding tert-OH is 3. The molecule has 10 aliphatic rings. The van der Waals surface area contributed by atoms with Crippen molar-refractivity contribution in [1.82, 2.24) is 19.6 Å². The molecule has 1 unspecified atom stereocenters. The average Bonchev–Trinajstić information content (AvgIpc) is 3.77. The molecule has 10 aliphatic heterocycles. The molecule has 0 aliphatic carbocycles. The van der Waals surface area contributed by atoms with Crippen molar-refractivity contribution in [1.29, 1.82) is 0 Å². The van der Waals surface area contributed by atoms with E-state index in [0.29, 0.717) is 22.5 Å². The van der Waals surface area contributed by atoms with Crippen LogP contribution in [0.15, 0.2) is 48.5 Å². The van der Waals surface area contributed by atoms with Gasteiger partial charge < -0.3 is 35.8 Å². The van der Waals surface area contributed by atoms with E-state index in [4.69, 9.17) is 0 Å². The number of nitrogens with zero attached hydrogens (tertiary/aromatic N) is 4. The van der Waals surface area contributed by atoms with Gasteiger partial charge in [0.25, 0.3) is 23.6 Å². The maximum Gasteiger partial charge on any atom is 0.265 e. The molecule has 5 N–H and O–H groups in total. The van der Waals surface area contributed by atoms with Gasteiger partial charge in [0.2, 0.25) is 14.6 Å². The number of carbonyl (C=O) groups excluding carboxylic acids is 4. The molecule has 51 heavy (non-hydrogen) atoms. The van der Waals surface area contributed by atoms with Gasteiger partial charge in [-0.25, -0.2) is 0 Å². The zero-order chi connectivity index (χ0) is 35.8. The number of piperazine rings is 2. The molecule has 8 fully saturated rings. The summed E-state index contributed by atoms with van der Waals surface area (Å²) in [5, 5.41) is 45.1. The molecule has 19 heteroatoms. The highest BCUT2D eigenvalue weighted by Gasteiger charge is 2.92. The molecule has 2 spiro atoms. The quantitative estimate of drug-likeness (QED) is 0.287. The van der Waals surface area contributed by atoms with Crippen molar-refractivity contribution in [2.45, 2.75) is 68.7 Å². The average molecular weight is 805 g/mol. The number of hydrogen-bond donors (Lipinski definition) is 5. The summed E-state index contributed by atoms with van der Waals surface area (Å²) in [6, 6.07) is 14.6. The third-order valence-electron chi connectivity index (χ3n) is 12.7. The molecule has 12 rings (SSSR count). The molecule has 10 heterocycles. The Morgan fingerprint density at radius 3 is 1.73 bits per heavy atom. The van der Waals surface area contributed by atoms with Crippen LogP contribution in [0.2, 0.25) is 0 Å². The first-order chi connectivity index (χ1) is 24.3. The molecule has 13 nitrogen and oxygen atoms in total. The number of fused-ring (bicyclic) bond motifs is 13. The third kappa shape index (κ3) is 3.05. The number of carbonyl (C=O) groups is 4. The fraction of sp³-hybridized carbons (Fsp3) is 0.500. The first-order valence-electron chi connectivity index (χ1n) is 16.3. The molecule has 0 saturated carbocycles. The second-order valence-corrected chi connectivity index (χ2v) is 23.2. The zero-order valence-electron chi connectivity index (χ0n) is 27.4. The first-order valence-corrected chi connectivity index (χ1v) is 23.3. The number of benzene rings is 2. The Labute approximate surface area is 315 Å². The largest absolute Gasteiger partial charge is 0.392 e. The number of hydrogen-bond acceptors (Lipinski definition) is 15. The van der Waals surface area contributed by atoms with Crippen LogP contribution in [0.4, 0.5) is 11.4 Å². The molecule has 4 amide bonds. The van der Waals surface area contributed by atoms with Crippen molar-refractivity contribution in [3.8, 4) is 0 Å². The highest BCUT2D eigenvalue weighted by molar-refractivity contribution is 9.26. The summed E-state index contributed by atoms with van der Waals surface area (Å²) >= 11 is 0. The number of anilines is 2. The summed E-state index contributed by atoms with van der Waals surface area (Å²) in [6.45, 7) is 3.11. The van der Waals surface area contributed by atoms with Gasteiger partial charge in [-0.15, -0.1) is 0 Å². The Morgan fingerprint density at radius 2 is 1.18 bits per heavy atom. The molecular formula is C32H32N6O7S6. The maximum absolute atomic E-state index is 15.2. The summed E-state index contributed by atoms with van der Waals surface area (Å²) in [5.74, 6) is -2.23. The summed E-state index contributed by atoms with van der Waals surface area (Å²) in [6.07, 6.45) is -5.63. The predicted octanol–water partition coefficient (Wildman–Crippen LogP) is 2.24. The van der Waals surface area contributed by atoms with Crippen molar-refractivity contribution >= 4 is 97.8 Å². The van der Waals surface area contributed by atoms with Crippen molar-refractivity contribution < 1.29 is 34.5 Å². The molecule has 268 valence electrons. The summed E-state index contributed by atoms with van der Waals surface area (Å²) < 4.78 is 0. The normalized spacial score (nSPS) is 44.2. The van der Waals surface area contributed by atoms with Gasteiger partial charge in [-0.3, -0.25) is 29.0 Å². The van der Waals surface area contributed by atoms with E-state index in [2.05, 4.69) is 10.6 Å². The number of rotatable bonds is 3. The van der Waals surface area contributed by atoms with Crippen LogP contribution < -0.4 is 10.6 Å². The number of nitrogens with one attached hydrogen (secondary N) is 2. The van der Waals surface area contributed by atoms with Crippen LogP contribution in [0, 0.1) is 5.92 Å². The highest BCUT2D eigenvalue weighted by Crippen LogP contribution is 2.78. The SMILES string of the molecule is CC(C)[C@@]12SS[C@]3(C(=O)N1C)[C@@H](O)[C@]1(C45c6ccccc6N[C@H]4N4C(=O)[C@]6(CO)SSSS[C@]4(C(=O)N6C)[C@H]5O)c4ccccc4N[C@@H]1N3C2=O. The van der Waals surface area contributed by atoms with Crippen LogP contribution in [0.25, 0.3) is 0 Å². The van der Waals surface area contributed by atoms with E-state index < -0.39 is 79.2 Å². The minimum absolute atomic E-state index is 0.304. The summed E-state index contributed by atoms with van der Waals surface area (Å²) in [7, 11) is 10.1. The van der Waals surface area contributed by atoms with Gasteiger partial charge in [0.1, 0.15) is 24.5 Å². The standard InChI is InChI=1S/C32H32N6O7S6/c1-14(2)30-26(45)38-22-28(15-9-5-8-12-18(15)34-22,19(40)31(38,48-47-30)25(44)36(30)4)29-16-10-6-7-11-17(16)33-21(29)37-23(42)27(13-39)35(3)24(43)32(37,20(29)41)49-51-50-46-27/h5-12,14,19-22,33-34,39-41H,13H2,1-4H3/t19-,20-,21-,22+,27-,28+,29?,30-,31-,32-/m0/s1. The van der Waals surface area contributed by atoms with Crippen molar-refractivity contribution in [2.24, 2.45) is 5.92 Å². The Kier molecular flexibility index (Phi) is 6.66. The van der Waals surface area contributed by atoms with Crippen molar-refractivity contribution in [3.05, 3.63) is 59.7 Å². The van der Waals surface area contributed by atoms with Crippen LogP contribution in [0.1, 0.15) is 25.0 Å². The van der Waals surface area contributed by atoms with Gasteiger partial charge in [0.05, 0.1) is 17.4 Å². The van der Waals surface area contributed by atoms with Gasteiger partial charge in [0, 0.05) is 25.5 Å². The number of para-hydroxylation sites is 2. The Hall–Kier alpha value is -2.10. The minimum Gasteiger partial charge on any atom is -0.392 e. The van der Waals surface area contributed by atoms with Gasteiger partial charge >= 0.3 is 0 Å². The van der Waals surface area contributed by atoms with Crippen LogP contribution in [-0.4, -0.2) is 123 Å². The van der Waals surface area contributed by atoms with Gasteiger partial charge in [0.15, 0.2) is 4.87 Å². The van der Waals surface area contributed by atoms with Crippen LogP contribution in [0.3, 0.4) is 0 Å². The molecule has 2 aromatic carbocycles. The van der Waals surface area contributed by atoms with Crippen LogP contribution in [-0.2, 0) is 30.0 Å². The number of aliphatic hydroxyl groups is 3. The molecule has 8 saturated heterocycles. The number of amides is 4. The van der Waals surface area contributed by atoms with Crippen LogP contribution >= 0.6 is 62.8 Å². The molecule has 0 aromatic heterocycles. The van der Waals surface area contributed by atoms with Gasteiger partial charge in [-0.2, -0.15) is 0 Å². The van der Waals surface area contributed by atoms with Crippen LogP contribution in [0.5, 0.6) is 0 Å². The van der Waals surface area contributed by atoms with E-state index in [1.54, 1.807) is 7.05 Å². The molecular weight excluding hydrogens is 773 g/mol. The van der Waals surface area contributed by atoms with E-state index >= 15 is 14.4 Å². The Morgan fingerprint density at radius 1 is 0.686 bits per heavy atom. The molecule has 4 bridgehead atoms. The maximum atomic E-state index is 15.2. The fourth-order valence-electron chi connectivity index (χ4n) is 10.5. The van der Waals surface area contributed by atoms with E-state index in [9.17, 15) is 20.1 Å². The lowest BCUT2D eigenvalue weighted by Gasteiger charge is -2.60. The van der Waals surface area contributed by atoms with Gasteiger partial charge in [-0.05, 0) is 81.2 Å². The second-order valence-electron chi connectivity index (χ2n) is 14.5. The minimum atomic E-state index is -1.93. The van der Waals surface area contributed by atoms with Gasteiger partial charge in [-0.1, -0.05) is 61.0 Å². The summed E-state index contributed by atoms with van der Waals surface area (Å²) in [4.78, 5) is 59.2. The fourth-order valence-corrected chi connectivity index (χ4v) is 22.4. The molecule has 0 radical (unpaired) electrons. The highest BCUT2D eigenvalue weighted by atomic mass is 33.7. The predicted molar refractivity (Wildman–Crippen MR) is 201 cm³/mol. The lowest BCUT2D eigenvalue weighted by atomic mass is 9.52. The lowest BCUT2D eigenvalue weighted by Crippen LogP contribution is -2.79. The van der Waals surface area contributed by atoms with Crippen molar-refractivity contribution in [3.63, 3.8) is 0 Å². The smallest absolute Gasteiger partial charge is 0.265 e.